The minimum atomic E-state index is -0.235. The summed E-state index contributed by atoms with van der Waals surface area (Å²) in [7, 11) is 3.30. The lowest BCUT2D eigenvalue weighted by Crippen LogP contribution is -2.31. The summed E-state index contributed by atoms with van der Waals surface area (Å²) in [5.41, 5.74) is 7.71. The molecule has 0 aliphatic carbocycles. The van der Waals surface area contributed by atoms with Crippen molar-refractivity contribution in [3.63, 3.8) is 0 Å². The van der Waals surface area contributed by atoms with E-state index in [2.05, 4.69) is 5.32 Å². The summed E-state index contributed by atoms with van der Waals surface area (Å²) in [6.45, 7) is 0. The smallest absolute Gasteiger partial charge is 0.326 e. The molecule has 0 saturated heterocycles. The van der Waals surface area contributed by atoms with Gasteiger partial charge in [-0.25, -0.2) is 4.79 Å². The second kappa shape index (κ2) is 5.97. The van der Waals surface area contributed by atoms with E-state index < -0.39 is 0 Å². The van der Waals surface area contributed by atoms with Gasteiger partial charge in [0.25, 0.3) is 0 Å². The van der Waals surface area contributed by atoms with Gasteiger partial charge in [-0.15, -0.1) is 0 Å². The topological polar surface area (TPSA) is 67.6 Å². The van der Waals surface area contributed by atoms with Gasteiger partial charge in [-0.3, -0.25) is 4.90 Å². The van der Waals surface area contributed by atoms with E-state index in [4.69, 9.17) is 10.5 Å². The van der Waals surface area contributed by atoms with Crippen molar-refractivity contribution in [2.24, 2.45) is 0 Å². The molecular weight excluding hydrogens is 254 g/mol. The van der Waals surface area contributed by atoms with Crippen molar-refractivity contribution in [3.8, 4) is 5.75 Å². The zero-order valence-corrected chi connectivity index (χ0v) is 11.5. The summed E-state index contributed by atoms with van der Waals surface area (Å²) in [4.78, 5) is 13.6. The quantitative estimate of drug-likeness (QED) is 0.843. The summed E-state index contributed by atoms with van der Waals surface area (Å²) in [5.74, 6) is 0.749. The molecule has 0 heterocycles. The fraction of sp³-hybridized carbons (Fsp3) is 0.133. The molecule has 0 atom stereocenters. The van der Waals surface area contributed by atoms with Crippen LogP contribution < -0.4 is 20.7 Å². The van der Waals surface area contributed by atoms with Gasteiger partial charge in [-0.2, -0.15) is 0 Å². The van der Waals surface area contributed by atoms with Crippen LogP contribution in [-0.4, -0.2) is 20.2 Å². The highest BCUT2D eigenvalue weighted by molar-refractivity contribution is 6.01. The van der Waals surface area contributed by atoms with Crippen molar-refractivity contribution in [2.75, 3.05) is 30.1 Å². The van der Waals surface area contributed by atoms with Crippen molar-refractivity contribution < 1.29 is 9.53 Å². The molecule has 2 aromatic carbocycles. The minimum Gasteiger partial charge on any atom is -0.497 e. The predicted molar refractivity (Wildman–Crippen MR) is 81.3 cm³/mol. The molecule has 2 aromatic rings. The monoisotopic (exact) mass is 271 g/mol. The van der Waals surface area contributed by atoms with Gasteiger partial charge in [-0.1, -0.05) is 6.07 Å². The maximum absolute atomic E-state index is 12.1. The molecule has 104 valence electrons. The lowest BCUT2D eigenvalue weighted by atomic mass is 10.2. The molecule has 0 radical (unpaired) electrons. The first-order valence-electron chi connectivity index (χ1n) is 6.14. The van der Waals surface area contributed by atoms with Crippen LogP contribution in [0.3, 0.4) is 0 Å². The Kier molecular flexibility index (Phi) is 4.10. The Morgan fingerprint density at radius 3 is 2.50 bits per heavy atom. The van der Waals surface area contributed by atoms with E-state index in [1.807, 2.05) is 12.1 Å². The number of nitrogens with zero attached hydrogens (tertiary/aromatic N) is 1. The fourth-order valence-corrected chi connectivity index (χ4v) is 1.75. The van der Waals surface area contributed by atoms with Gasteiger partial charge in [0.05, 0.1) is 7.11 Å². The molecule has 0 aromatic heterocycles. The first kappa shape index (κ1) is 13.7. The third kappa shape index (κ3) is 3.20. The third-order valence-corrected chi connectivity index (χ3v) is 2.90. The van der Waals surface area contributed by atoms with Crippen LogP contribution in [0.4, 0.5) is 21.9 Å². The number of nitrogens with two attached hydrogens (primary N) is 1. The number of benzene rings is 2. The van der Waals surface area contributed by atoms with Crippen LogP contribution in [0.25, 0.3) is 0 Å². The number of rotatable bonds is 3. The third-order valence-electron chi connectivity index (χ3n) is 2.90. The highest BCUT2D eigenvalue weighted by Gasteiger charge is 2.11. The molecule has 2 amide bonds. The molecule has 0 spiro atoms. The van der Waals surface area contributed by atoms with Crippen molar-refractivity contribution >= 4 is 23.1 Å². The maximum atomic E-state index is 12.1. The second-order valence-electron chi connectivity index (χ2n) is 4.31. The van der Waals surface area contributed by atoms with Crippen molar-refractivity contribution in [2.45, 2.75) is 0 Å². The first-order chi connectivity index (χ1) is 9.60. The number of anilines is 3. The molecule has 20 heavy (non-hydrogen) atoms. The number of nitrogen functional groups attached to an aromatic ring is 1. The Labute approximate surface area is 118 Å². The number of amides is 2. The minimum absolute atomic E-state index is 0.235. The first-order valence-corrected chi connectivity index (χ1v) is 6.14. The molecule has 0 aliphatic heterocycles. The van der Waals surface area contributed by atoms with Crippen LogP contribution in [0.15, 0.2) is 48.5 Å². The number of hydrogen-bond acceptors (Lipinski definition) is 3. The van der Waals surface area contributed by atoms with E-state index in [1.54, 1.807) is 50.6 Å². The zero-order valence-electron chi connectivity index (χ0n) is 11.5. The Hall–Kier alpha value is -2.69. The van der Waals surface area contributed by atoms with Gasteiger partial charge in [-0.05, 0) is 42.5 Å². The molecular formula is C15H17N3O2. The fourth-order valence-electron chi connectivity index (χ4n) is 1.75. The summed E-state index contributed by atoms with van der Waals surface area (Å²) in [6.07, 6.45) is 0. The summed E-state index contributed by atoms with van der Waals surface area (Å²) in [5, 5.41) is 2.79. The van der Waals surface area contributed by atoms with Crippen LogP contribution in [0, 0.1) is 0 Å². The Balaban J connectivity index is 2.07. The molecule has 5 heteroatoms. The normalized spacial score (nSPS) is 9.90. The molecule has 0 aliphatic rings. The van der Waals surface area contributed by atoms with E-state index in [0.717, 1.165) is 11.4 Å². The van der Waals surface area contributed by atoms with Gasteiger partial charge in [0.1, 0.15) is 5.75 Å². The number of hydrogen-bond donors (Lipinski definition) is 2. The molecule has 0 saturated carbocycles. The largest absolute Gasteiger partial charge is 0.497 e. The molecule has 5 nitrogen and oxygen atoms in total. The molecule has 2 rings (SSSR count). The van der Waals surface area contributed by atoms with Crippen molar-refractivity contribution in [1.29, 1.82) is 0 Å². The van der Waals surface area contributed by atoms with Gasteiger partial charge in [0, 0.05) is 24.1 Å². The second-order valence-corrected chi connectivity index (χ2v) is 4.31. The van der Waals surface area contributed by atoms with Crippen LogP contribution in [0.5, 0.6) is 5.75 Å². The number of methoxy groups -OCH3 is 1. The number of carbonyl (C=O) groups is 1. The van der Waals surface area contributed by atoms with Crippen molar-refractivity contribution in [1.82, 2.24) is 0 Å². The van der Waals surface area contributed by atoms with Gasteiger partial charge >= 0.3 is 6.03 Å². The predicted octanol–water partition coefficient (Wildman–Crippen LogP) is 2.95. The van der Waals surface area contributed by atoms with E-state index in [9.17, 15) is 4.79 Å². The van der Waals surface area contributed by atoms with Crippen LogP contribution in [-0.2, 0) is 0 Å². The maximum Gasteiger partial charge on any atom is 0.326 e. The number of ether oxygens (including phenoxy) is 1. The lowest BCUT2D eigenvalue weighted by molar-refractivity contribution is 0.258. The Bertz CT molecular complexity index is 596. The summed E-state index contributed by atoms with van der Waals surface area (Å²) in [6, 6.07) is 14.1. The molecule has 0 fully saturated rings. The molecule has 0 unspecified atom stereocenters. The van der Waals surface area contributed by atoms with Gasteiger partial charge in [0.2, 0.25) is 0 Å². The average Bonchev–Trinajstić information content (AvgIpc) is 2.46. The Morgan fingerprint density at radius 1 is 1.20 bits per heavy atom. The molecule has 0 bridgehead atoms. The van der Waals surface area contributed by atoms with E-state index in [0.29, 0.717) is 11.4 Å². The number of nitrogens with one attached hydrogen (secondary N) is 1. The molecule has 3 N–H and O–H groups in total. The van der Waals surface area contributed by atoms with Crippen LogP contribution in [0.2, 0.25) is 0 Å². The Morgan fingerprint density at radius 2 is 1.90 bits per heavy atom. The number of carbonyl (C=O) groups excluding carboxylic acids is 1. The lowest BCUT2D eigenvalue weighted by Gasteiger charge is -2.18. The van der Waals surface area contributed by atoms with Crippen molar-refractivity contribution in [3.05, 3.63) is 48.5 Å². The van der Waals surface area contributed by atoms with Gasteiger partial charge < -0.3 is 15.8 Å². The zero-order chi connectivity index (χ0) is 14.5. The highest BCUT2D eigenvalue weighted by atomic mass is 16.5. The van der Waals surface area contributed by atoms with E-state index in [1.165, 1.54) is 4.90 Å². The van der Waals surface area contributed by atoms with E-state index in [-0.39, 0.29) is 6.03 Å². The SMILES string of the molecule is COc1ccc(N(C)C(=O)Nc2cccc(N)c2)cc1. The van der Waals surface area contributed by atoms with E-state index >= 15 is 0 Å². The number of urea groups is 1. The van der Waals surface area contributed by atoms with Crippen LogP contribution >= 0.6 is 0 Å². The summed E-state index contributed by atoms with van der Waals surface area (Å²) < 4.78 is 5.09. The summed E-state index contributed by atoms with van der Waals surface area (Å²) >= 11 is 0. The van der Waals surface area contributed by atoms with Gasteiger partial charge in [0.15, 0.2) is 0 Å². The van der Waals surface area contributed by atoms with Crippen LogP contribution in [0.1, 0.15) is 0 Å². The highest BCUT2D eigenvalue weighted by Crippen LogP contribution is 2.19. The average molecular weight is 271 g/mol. The standard InChI is InChI=1S/C15H17N3O2/c1-18(13-6-8-14(20-2)9-7-13)15(19)17-12-5-3-4-11(16)10-12/h3-10H,16H2,1-2H3,(H,17,19).